The number of piperidine rings is 1. The van der Waals surface area contributed by atoms with Gasteiger partial charge in [0.15, 0.2) is 5.82 Å². The minimum atomic E-state index is -4.36. The molecule has 0 radical (unpaired) electrons. The molecule has 4 N–H and O–H groups in total. The van der Waals surface area contributed by atoms with Crippen molar-refractivity contribution in [2.24, 2.45) is 5.41 Å². The van der Waals surface area contributed by atoms with Gasteiger partial charge in [0.1, 0.15) is 23.7 Å². The molecule has 5 aliphatic heterocycles. The fraction of sp³-hybridized carbons (Fsp3) is 0.370. The number of carbonyl (C=O) groups is 4. The standard InChI is InChI=1S/C46H45F3N8O7S/c47-30-13-14-56(20-30)65(63,64)53-37-10-9-36(48)40(41(37)49)42(60)35-18-51-43-34(35)16-28(17-50-43)27-3-5-31(6-4-27)55-24-46(25-55)22-54(23-46)21-32(58)7-1-26-2-8-33-29(15-26)19-57(45(33)62)38-11-12-39(59)52-44(38)61/h2-6,8-10,15-18,30,32,38,53,58H,1,7,11-14,19-25H2,(H,50,51)(H,52,59,61)/t30-,32+,38-/m1/s1. The number of benzene rings is 3. The van der Waals surface area contributed by atoms with Crippen LogP contribution in [0, 0.1) is 17.0 Å². The number of fused-ring (bicyclic) bond motifs is 2. The molecule has 3 aromatic carbocycles. The molecule has 2 aromatic heterocycles. The Bertz CT molecular complexity index is 2880. The first-order valence-electron chi connectivity index (χ1n) is 21.6. The number of hydrogen-bond donors (Lipinski definition) is 4. The van der Waals surface area contributed by atoms with Gasteiger partial charge in [-0.15, -0.1) is 0 Å². The van der Waals surface area contributed by atoms with Gasteiger partial charge in [-0.1, -0.05) is 24.3 Å². The van der Waals surface area contributed by atoms with E-state index in [-0.39, 0.29) is 42.2 Å². The van der Waals surface area contributed by atoms with Gasteiger partial charge in [-0.2, -0.15) is 12.7 Å². The second-order valence-electron chi connectivity index (χ2n) is 17.9. The van der Waals surface area contributed by atoms with Crippen LogP contribution in [0.2, 0.25) is 0 Å². The number of nitrogens with zero attached hydrogens (tertiary/aromatic N) is 5. The van der Waals surface area contributed by atoms with Crippen LogP contribution < -0.4 is 14.9 Å². The zero-order valence-electron chi connectivity index (χ0n) is 35.0. The Balaban J connectivity index is 0.720. The molecule has 10 rings (SSSR count). The number of aromatic nitrogens is 2. The average molecular weight is 911 g/mol. The summed E-state index contributed by atoms with van der Waals surface area (Å²) in [6, 6.07) is 16.3. The molecule has 4 fully saturated rings. The van der Waals surface area contributed by atoms with Crippen LogP contribution in [0.3, 0.4) is 0 Å². The number of amides is 3. The molecule has 1 spiro atoms. The van der Waals surface area contributed by atoms with Crippen LogP contribution in [0.5, 0.6) is 0 Å². The lowest BCUT2D eigenvalue weighted by molar-refractivity contribution is -0.136. The summed E-state index contributed by atoms with van der Waals surface area (Å²) in [5.41, 5.74) is 3.75. The highest BCUT2D eigenvalue weighted by Gasteiger charge is 2.51. The maximum absolute atomic E-state index is 15.7. The highest BCUT2D eigenvalue weighted by Crippen LogP contribution is 2.42. The second kappa shape index (κ2) is 16.4. The van der Waals surface area contributed by atoms with Crippen molar-refractivity contribution in [3.8, 4) is 11.1 Å². The maximum atomic E-state index is 15.7. The molecule has 0 unspecified atom stereocenters. The van der Waals surface area contributed by atoms with Crippen molar-refractivity contribution in [2.45, 2.75) is 57.0 Å². The Kier molecular flexibility index (Phi) is 10.8. The van der Waals surface area contributed by atoms with E-state index in [9.17, 15) is 37.1 Å². The van der Waals surface area contributed by atoms with Crippen molar-refractivity contribution in [1.29, 1.82) is 0 Å². The first kappa shape index (κ1) is 42.8. The van der Waals surface area contributed by atoms with Crippen LogP contribution in [-0.2, 0) is 32.8 Å². The third-order valence-electron chi connectivity index (χ3n) is 13.3. The summed E-state index contributed by atoms with van der Waals surface area (Å²) in [4.78, 5) is 64.1. The van der Waals surface area contributed by atoms with Gasteiger partial charge in [0.25, 0.3) is 5.91 Å². The maximum Gasteiger partial charge on any atom is 0.301 e. The van der Waals surface area contributed by atoms with E-state index in [1.807, 2.05) is 41.1 Å². The molecular formula is C46H45F3N8O7S. The van der Waals surface area contributed by atoms with Crippen LogP contribution in [-0.4, -0.2) is 125 Å². The number of β-amino-alcohol motifs (C(OH)–C–C–N with tert-alkyl or cyclic N) is 1. The van der Waals surface area contributed by atoms with Crippen molar-refractivity contribution < 1.29 is 45.9 Å². The molecule has 0 saturated carbocycles. The molecule has 3 amide bonds. The van der Waals surface area contributed by atoms with E-state index in [0.29, 0.717) is 54.5 Å². The lowest BCUT2D eigenvalue weighted by atomic mass is 9.72. The van der Waals surface area contributed by atoms with Crippen molar-refractivity contribution in [2.75, 3.05) is 55.4 Å². The molecule has 15 nitrogen and oxygen atoms in total. The van der Waals surface area contributed by atoms with Crippen LogP contribution in [0.1, 0.15) is 63.1 Å². The molecule has 65 heavy (non-hydrogen) atoms. The number of rotatable bonds is 13. The third-order valence-corrected chi connectivity index (χ3v) is 14.8. The lowest BCUT2D eigenvalue weighted by Gasteiger charge is -2.61. The number of pyridine rings is 1. The van der Waals surface area contributed by atoms with Gasteiger partial charge in [0.2, 0.25) is 17.6 Å². The smallest absolute Gasteiger partial charge is 0.301 e. The number of likely N-dealkylation sites (tertiary alicyclic amines) is 1. The van der Waals surface area contributed by atoms with Crippen molar-refractivity contribution in [3.05, 3.63) is 113 Å². The van der Waals surface area contributed by atoms with E-state index in [0.717, 1.165) is 65.0 Å². The number of alkyl halides is 1. The van der Waals surface area contributed by atoms with E-state index < -0.39 is 69.6 Å². The van der Waals surface area contributed by atoms with E-state index in [2.05, 4.69) is 25.1 Å². The molecule has 0 bridgehead atoms. The number of aliphatic hydroxyl groups is 1. The summed E-state index contributed by atoms with van der Waals surface area (Å²) in [5, 5.41) is 13.6. The Hall–Kier alpha value is -6.15. The molecule has 7 heterocycles. The number of aliphatic hydroxyl groups excluding tert-OH is 1. The highest BCUT2D eigenvalue weighted by atomic mass is 32.2. The fourth-order valence-electron chi connectivity index (χ4n) is 9.98. The van der Waals surface area contributed by atoms with Crippen LogP contribution in [0.15, 0.2) is 73.1 Å². The average Bonchev–Trinajstić information content (AvgIpc) is 3.98. The topological polar surface area (TPSA) is 188 Å². The molecule has 19 heteroatoms. The fourth-order valence-corrected chi connectivity index (χ4v) is 11.2. The summed E-state index contributed by atoms with van der Waals surface area (Å²) in [6.07, 6.45) is 2.78. The van der Waals surface area contributed by atoms with Gasteiger partial charge >= 0.3 is 10.2 Å². The number of anilines is 2. The molecule has 338 valence electrons. The van der Waals surface area contributed by atoms with Gasteiger partial charge in [-0.3, -0.25) is 34.1 Å². The predicted octanol–water partition coefficient (Wildman–Crippen LogP) is 4.32. The summed E-state index contributed by atoms with van der Waals surface area (Å²) in [6.45, 7) is 3.89. The van der Waals surface area contributed by atoms with Crippen molar-refractivity contribution in [3.63, 3.8) is 0 Å². The van der Waals surface area contributed by atoms with Crippen LogP contribution >= 0.6 is 0 Å². The Morgan fingerprint density at radius 1 is 0.985 bits per heavy atom. The molecule has 5 aliphatic rings. The van der Waals surface area contributed by atoms with Gasteiger partial charge in [0, 0.05) is 104 Å². The summed E-state index contributed by atoms with van der Waals surface area (Å²) in [5.74, 6) is -4.55. The highest BCUT2D eigenvalue weighted by molar-refractivity contribution is 7.90. The minimum Gasteiger partial charge on any atom is -0.392 e. The number of imide groups is 1. The number of H-pyrrole nitrogens is 1. The van der Waals surface area contributed by atoms with Crippen LogP contribution in [0.4, 0.5) is 24.5 Å². The Labute approximate surface area is 371 Å². The van der Waals surface area contributed by atoms with E-state index in [1.165, 1.54) is 11.1 Å². The first-order valence-corrected chi connectivity index (χ1v) is 23.0. The summed E-state index contributed by atoms with van der Waals surface area (Å²) in [7, 11) is -4.36. The first-order chi connectivity index (χ1) is 31.1. The largest absolute Gasteiger partial charge is 0.392 e. The number of ketones is 1. The lowest BCUT2D eigenvalue weighted by Crippen LogP contribution is -2.72. The number of hydrogen-bond acceptors (Lipinski definition) is 10. The molecule has 0 aliphatic carbocycles. The van der Waals surface area contributed by atoms with Gasteiger partial charge in [0.05, 0.1) is 17.4 Å². The third kappa shape index (κ3) is 8.04. The van der Waals surface area contributed by atoms with E-state index >= 15 is 8.78 Å². The number of halogens is 3. The van der Waals surface area contributed by atoms with E-state index in [4.69, 9.17) is 0 Å². The SMILES string of the molecule is O=C1CC[C@@H](N2Cc3cc(CC[C@H](O)CN4CC5(C4)CN(c4ccc(-c6cnc7[nH]cc(C(=O)c8c(F)ccc(NS(=O)(=O)N9CC[C@@H](F)C9)c8F)c7c6)cc4)C5)ccc3C2=O)C(=O)N1. The summed E-state index contributed by atoms with van der Waals surface area (Å²) < 4.78 is 73.0. The second-order valence-corrected chi connectivity index (χ2v) is 19.6. The molecule has 5 aromatic rings. The van der Waals surface area contributed by atoms with Gasteiger partial charge in [-0.25, -0.2) is 18.2 Å². The Morgan fingerprint density at radius 2 is 1.77 bits per heavy atom. The number of aryl methyl sites for hydroxylation is 1. The Morgan fingerprint density at radius 3 is 2.51 bits per heavy atom. The van der Waals surface area contributed by atoms with Crippen molar-refractivity contribution >= 4 is 56.1 Å². The minimum absolute atomic E-state index is 0.00233. The van der Waals surface area contributed by atoms with Gasteiger partial charge in [-0.05, 0) is 78.8 Å². The number of nitrogens with one attached hydrogen (secondary N) is 3. The van der Waals surface area contributed by atoms with E-state index in [1.54, 1.807) is 18.3 Å². The zero-order valence-corrected chi connectivity index (χ0v) is 35.8. The predicted molar refractivity (Wildman–Crippen MR) is 233 cm³/mol. The molecule has 3 atom stereocenters. The van der Waals surface area contributed by atoms with Gasteiger partial charge < -0.3 is 19.9 Å². The number of aromatic amines is 1. The normalized spacial score (nSPS) is 21.4. The molecular weight excluding hydrogens is 866 g/mol. The molecule has 4 saturated heterocycles. The zero-order chi connectivity index (χ0) is 45.4. The summed E-state index contributed by atoms with van der Waals surface area (Å²) >= 11 is 0. The monoisotopic (exact) mass is 910 g/mol. The van der Waals surface area contributed by atoms with Crippen molar-refractivity contribution in [1.82, 2.24) is 29.4 Å². The van der Waals surface area contributed by atoms with Crippen LogP contribution in [0.25, 0.3) is 22.2 Å². The quantitative estimate of drug-likeness (QED) is 0.0980. The number of carbonyl (C=O) groups excluding carboxylic acids is 4.